The number of rotatable bonds is 7. The van der Waals surface area contributed by atoms with Gasteiger partial charge >= 0.3 is 0 Å². The Morgan fingerprint density at radius 3 is 2.62 bits per heavy atom. The predicted octanol–water partition coefficient (Wildman–Crippen LogP) is 2.23. The first kappa shape index (κ1) is 17.7. The minimum absolute atomic E-state index is 0.642. The van der Waals surface area contributed by atoms with Crippen LogP contribution in [0.5, 0.6) is 0 Å². The SMILES string of the molecule is CN=C(NCCc1nccn1Cc1ccccc1)NCc1ccccn1. The molecule has 26 heavy (non-hydrogen) atoms. The second kappa shape index (κ2) is 9.36. The lowest BCUT2D eigenvalue weighted by atomic mass is 10.2. The highest BCUT2D eigenvalue weighted by Crippen LogP contribution is 2.05. The van der Waals surface area contributed by atoms with Gasteiger partial charge in [0.05, 0.1) is 12.2 Å². The third kappa shape index (κ3) is 5.17. The van der Waals surface area contributed by atoms with Crippen molar-refractivity contribution in [1.29, 1.82) is 0 Å². The summed E-state index contributed by atoms with van der Waals surface area (Å²) >= 11 is 0. The van der Waals surface area contributed by atoms with E-state index in [9.17, 15) is 0 Å². The Bertz CT molecular complexity index is 811. The summed E-state index contributed by atoms with van der Waals surface area (Å²) in [7, 11) is 1.77. The molecule has 0 atom stereocenters. The predicted molar refractivity (Wildman–Crippen MR) is 104 cm³/mol. The highest BCUT2D eigenvalue weighted by molar-refractivity contribution is 5.79. The molecule has 0 fully saturated rings. The first-order chi connectivity index (χ1) is 12.8. The Morgan fingerprint density at radius 1 is 1.00 bits per heavy atom. The van der Waals surface area contributed by atoms with E-state index < -0.39 is 0 Å². The van der Waals surface area contributed by atoms with Crippen LogP contribution in [0.4, 0.5) is 0 Å². The minimum Gasteiger partial charge on any atom is -0.356 e. The van der Waals surface area contributed by atoms with E-state index in [-0.39, 0.29) is 0 Å². The molecule has 134 valence electrons. The van der Waals surface area contributed by atoms with Crippen LogP contribution < -0.4 is 10.6 Å². The zero-order valence-electron chi connectivity index (χ0n) is 15.0. The Kier molecular flexibility index (Phi) is 6.36. The second-order valence-corrected chi connectivity index (χ2v) is 5.88. The number of nitrogens with one attached hydrogen (secondary N) is 2. The van der Waals surface area contributed by atoms with Crippen molar-refractivity contribution in [3.8, 4) is 0 Å². The van der Waals surface area contributed by atoms with Gasteiger partial charge in [-0.15, -0.1) is 0 Å². The molecule has 0 saturated heterocycles. The molecule has 0 bridgehead atoms. The van der Waals surface area contributed by atoms with Gasteiger partial charge in [0, 0.05) is 45.1 Å². The fraction of sp³-hybridized carbons (Fsp3) is 0.250. The first-order valence-electron chi connectivity index (χ1n) is 8.73. The van der Waals surface area contributed by atoms with Crippen molar-refractivity contribution in [3.05, 3.63) is 84.2 Å². The van der Waals surface area contributed by atoms with Gasteiger partial charge in [-0.05, 0) is 17.7 Å². The molecule has 0 aliphatic heterocycles. The summed E-state index contributed by atoms with van der Waals surface area (Å²) in [6.45, 7) is 2.24. The number of pyridine rings is 1. The number of aliphatic imine (C=N–C) groups is 1. The maximum absolute atomic E-state index is 4.48. The van der Waals surface area contributed by atoms with E-state index >= 15 is 0 Å². The highest BCUT2D eigenvalue weighted by Gasteiger charge is 2.05. The van der Waals surface area contributed by atoms with Crippen molar-refractivity contribution in [3.63, 3.8) is 0 Å². The van der Waals surface area contributed by atoms with Crippen LogP contribution in [0.1, 0.15) is 17.1 Å². The monoisotopic (exact) mass is 348 g/mol. The van der Waals surface area contributed by atoms with E-state index in [0.29, 0.717) is 6.54 Å². The minimum atomic E-state index is 0.642. The summed E-state index contributed by atoms with van der Waals surface area (Å²) < 4.78 is 2.18. The lowest BCUT2D eigenvalue weighted by molar-refractivity contribution is 0.693. The van der Waals surface area contributed by atoms with Gasteiger partial charge in [0.25, 0.3) is 0 Å². The van der Waals surface area contributed by atoms with Crippen molar-refractivity contribution in [2.45, 2.75) is 19.5 Å². The molecule has 1 aromatic carbocycles. The van der Waals surface area contributed by atoms with E-state index in [4.69, 9.17) is 0 Å². The van der Waals surface area contributed by atoms with Gasteiger partial charge in [0.1, 0.15) is 5.82 Å². The van der Waals surface area contributed by atoms with Gasteiger partial charge in [-0.3, -0.25) is 9.98 Å². The van der Waals surface area contributed by atoms with Crippen LogP contribution in [-0.4, -0.2) is 34.1 Å². The van der Waals surface area contributed by atoms with Gasteiger partial charge in [-0.25, -0.2) is 4.98 Å². The van der Waals surface area contributed by atoms with Gasteiger partial charge < -0.3 is 15.2 Å². The molecule has 0 aliphatic carbocycles. The molecule has 0 spiro atoms. The van der Waals surface area contributed by atoms with Gasteiger partial charge in [-0.1, -0.05) is 36.4 Å². The van der Waals surface area contributed by atoms with E-state index in [2.05, 4.69) is 54.4 Å². The van der Waals surface area contributed by atoms with E-state index in [1.54, 1.807) is 13.2 Å². The molecule has 0 saturated carbocycles. The topological polar surface area (TPSA) is 67.1 Å². The first-order valence-corrected chi connectivity index (χ1v) is 8.73. The maximum Gasteiger partial charge on any atom is 0.191 e. The molecule has 3 rings (SSSR count). The summed E-state index contributed by atoms with van der Waals surface area (Å²) in [5, 5.41) is 6.60. The fourth-order valence-corrected chi connectivity index (χ4v) is 2.68. The zero-order chi connectivity index (χ0) is 18.0. The van der Waals surface area contributed by atoms with Crippen LogP contribution in [0, 0.1) is 0 Å². The molecule has 0 aliphatic rings. The molecule has 2 aromatic heterocycles. The molecule has 6 heteroatoms. The summed E-state index contributed by atoms with van der Waals surface area (Å²) in [5.74, 6) is 1.82. The number of imidazole rings is 1. The van der Waals surface area contributed by atoms with Crippen molar-refractivity contribution < 1.29 is 0 Å². The number of benzene rings is 1. The Labute approximate surface area is 154 Å². The van der Waals surface area contributed by atoms with E-state index in [1.165, 1.54) is 5.56 Å². The van der Waals surface area contributed by atoms with Gasteiger partial charge in [0.15, 0.2) is 5.96 Å². The Hall–Kier alpha value is -3.15. The van der Waals surface area contributed by atoms with Crippen LogP contribution in [0.15, 0.2) is 72.1 Å². The quantitative estimate of drug-likeness (QED) is 0.508. The Balaban J connectivity index is 1.47. The summed E-state index contributed by atoms with van der Waals surface area (Å²) in [6, 6.07) is 16.3. The van der Waals surface area contributed by atoms with Gasteiger partial charge in [-0.2, -0.15) is 0 Å². The molecule has 3 aromatic rings. The molecular weight excluding hydrogens is 324 g/mol. The normalized spacial score (nSPS) is 11.3. The van der Waals surface area contributed by atoms with Crippen molar-refractivity contribution in [1.82, 2.24) is 25.2 Å². The summed E-state index contributed by atoms with van der Waals surface area (Å²) in [5.41, 5.74) is 2.25. The smallest absolute Gasteiger partial charge is 0.191 e. The highest BCUT2D eigenvalue weighted by atomic mass is 15.2. The van der Waals surface area contributed by atoms with Crippen LogP contribution >= 0.6 is 0 Å². The van der Waals surface area contributed by atoms with Crippen LogP contribution in [0.2, 0.25) is 0 Å². The van der Waals surface area contributed by atoms with Crippen LogP contribution in [0.3, 0.4) is 0 Å². The van der Waals surface area contributed by atoms with E-state index in [1.807, 2.05) is 36.7 Å². The molecule has 2 N–H and O–H groups in total. The molecule has 6 nitrogen and oxygen atoms in total. The maximum atomic E-state index is 4.48. The average Bonchev–Trinajstić information content (AvgIpc) is 3.13. The molecule has 2 heterocycles. The van der Waals surface area contributed by atoms with Crippen LogP contribution in [0.25, 0.3) is 0 Å². The number of hydrogen-bond donors (Lipinski definition) is 2. The standard InChI is InChI=1S/C20H24N6/c1-21-20(25-15-18-9-5-6-11-22-18)24-12-10-19-23-13-14-26(19)16-17-7-3-2-4-8-17/h2-9,11,13-14H,10,12,15-16H2,1H3,(H2,21,24,25). The van der Waals surface area contributed by atoms with E-state index in [0.717, 1.165) is 37.0 Å². The lowest BCUT2D eigenvalue weighted by Gasteiger charge is -2.12. The molecular formula is C20H24N6. The largest absolute Gasteiger partial charge is 0.356 e. The average molecular weight is 348 g/mol. The molecule has 0 radical (unpaired) electrons. The van der Waals surface area contributed by atoms with Crippen molar-refractivity contribution >= 4 is 5.96 Å². The van der Waals surface area contributed by atoms with Gasteiger partial charge in [0.2, 0.25) is 0 Å². The number of aromatic nitrogens is 3. The molecule has 0 amide bonds. The Morgan fingerprint density at radius 2 is 1.85 bits per heavy atom. The lowest BCUT2D eigenvalue weighted by Crippen LogP contribution is -2.38. The van der Waals surface area contributed by atoms with Crippen molar-refractivity contribution in [2.75, 3.05) is 13.6 Å². The third-order valence-electron chi connectivity index (χ3n) is 4.03. The zero-order valence-corrected chi connectivity index (χ0v) is 15.0. The summed E-state index contributed by atoms with van der Waals surface area (Å²) in [4.78, 5) is 13.0. The number of guanidine groups is 1. The number of hydrogen-bond acceptors (Lipinski definition) is 3. The summed E-state index contributed by atoms with van der Waals surface area (Å²) in [6.07, 6.45) is 6.49. The number of nitrogens with zero attached hydrogens (tertiary/aromatic N) is 4. The van der Waals surface area contributed by atoms with Crippen molar-refractivity contribution in [2.24, 2.45) is 4.99 Å². The fourth-order valence-electron chi connectivity index (χ4n) is 2.68. The molecule has 0 unspecified atom stereocenters. The van der Waals surface area contributed by atoms with Crippen LogP contribution in [-0.2, 0) is 19.5 Å². The second-order valence-electron chi connectivity index (χ2n) is 5.88. The third-order valence-corrected chi connectivity index (χ3v) is 4.03.